The molecule has 2 heterocycles. The van der Waals surface area contributed by atoms with Crippen molar-refractivity contribution in [3.8, 4) is 0 Å². The first kappa shape index (κ1) is 20.6. The number of rotatable bonds is 9. The number of nitrogens with two attached hydrogens (primary N) is 1. The molecule has 0 unspecified atom stereocenters. The lowest BCUT2D eigenvalue weighted by Gasteiger charge is -2.17. The summed E-state index contributed by atoms with van der Waals surface area (Å²) in [6.45, 7) is 10.1. The van der Waals surface area contributed by atoms with Gasteiger partial charge in [-0.1, -0.05) is 65.5 Å². The molecule has 0 aliphatic heterocycles. The van der Waals surface area contributed by atoms with Gasteiger partial charge in [0, 0.05) is 18.1 Å². The van der Waals surface area contributed by atoms with Crippen LogP contribution in [0, 0.1) is 5.41 Å². The van der Waals surface area contributed by atoms with Crippen molar-refractivity contribution in [2.45, 2.75) is 85.6 Å². The van der Waals surface area contributed by atoms with Crippen molar-refractivity contribution in [2.75, 3.05) is 5.73 Å². The minimum absolute atomic E-state index is 0.457. The molecule has 152 valence electrons. The van der Waals surface area contributed by atoms with E-state index in [0.717, 1.165) is 47.6 Å². The number of hydrogen-bond acceptors (Lipinski definition) is 3. The van der Waals surface area contributed by atoms with E-state index in [1.54, 1.807) is 0 Å². The number of anilines is 1. The molecule has 0 aliphatic carbocycles. The fourth-order valence-electron chi connectivity index (χ4n) is 3.80. The maximum absolute atomic E-state index is 6.24. The van der Waals surface area contributed by atoms with Gasteiger partial charge < -0.3 is 5.73 Å². The molecule has 0 aliphatic rings. The molecule has 28 heavy (non-hydrogen) atoms. The quantitative estimate of drug-likeness (QED) is 0.431. The number of nitrogens with zero attached hydrogens (tertiary/aromatic N) is 3. The van der Waals surface area contributed by atoms with Gasteiger partial charge in [0.05, 0.1) is 10.9 Å². The van der Waals surface area contributed by atoms with Crippen molar-refractivity contribution in [2.24, 2.45) is 5.41 Å². The van der Waals surface area contributed by atoms with Gasteiger partial charge in [-0.15, -0.1) is 0 Å². The average Bonchev–Trinajstić information content (AvgIpc) is 3.07. The van der Waals surface area contributed by atoms with E-state index < -0.39 is 0 Å². The molecule has 3 rings (SSSR count). The molecule has 0 amide bonds. The van der Waals surface area contributed by atoms with Crippen LogP contribution in [-0.2, 0) is 13.0 Å². The lowest BCUT2D eigenvalue weighted by atomic mass is 9.89. The zero-order valence-corrected chi connectivity index (χ0v) is 18.1. The Morgan fingerprint density at radius 2 is 1.79 bits per heavy atom. The Kier molecular flexibility index (Phi) is 6.58. The number of pyridine rings is 1. The van der Waals surface area contributed by atoms with Crippen LogP contribution >= 0.6 is 0 Å². The van der Waals surface area contributed by atoms with E-state index >= 15 is 0 Å². The molecule has 0 spiro atoms. The maximum atomic E-state index is 6.24. The van der Waals surface area contributed by atoms with Gasteiger partial charge in [-0.2, -0.15) is 5.10 Å². The van der Waals surface area contributed by atoms with E-state index in [2.05, 4.69) is 50.9 Å². The highest BCUT2D eigenvalue weighted by molar-refractivity contribution is 6.07. The van der Waals surface area contributed by atoms with Gasteiger partial charge in [0.25, 0.3) is 0 Å². The van der Waals surface area contributed by atoms with Gasteiger partial charge >= 0.3 is 0 Å². The number of nitrogen functional groups attached to an aromatic ring is 1. The van der Waals surface area contributed by atoms with E-state index in [-0.39, 0.29) is 0 Å². The summed E-state index contributed by atoms with van der Waals surface area (Å²) in [7, 11) is 0. The van der Waals surface area contributed by atoms with Crippen LogP contribution in [0.4, 0.5) is 5.82 Å². The van der Waals surface area contributed by atoms with Crippen LogP contribution in [0.1, 0.15) is 78.2 Å². The third kappa shape index (κ3) is 5.24. The highest BCUT2D eigenvalue weighted by Crippen LogP contribution is 2.28. The average molecular weight is 381 g/mol. The molecule has 3 aromatic rings. The van der Waals surface area contributed by atoms with Crippen molar-refractivity contribution in [1.82, 2.24) is 14.8 Å². The highest BCUT2D eigenvalue weighted by atomic mass is 15.3. The van der Waals surface area contributed by atoms with E-state index in [4.69, 9.17) is 10.8 Å². The molecular formula is C24H36N4. The Balaban J connectivity index is 1.67. The Hall–Kier alpha value is -2.10. The first-order valence-electron chi connectivity index (χ1n) is 10.9. The van der Waals surface area contributed by atoms with Crippen LogP contribution in [0.5, 0.6) is 0 Å². The smallest absolute Gasteiger partial charge is 0.135 e. The molecule has 0 fully saturated rings. The van der Waals surface area contributed by atoms with Crippen LogP contribution in [0.15, 0.2) is 24.4 Å². The SMILES string of the molecule is CCCCn1cc2c(N)nc3cc(CCCCCCC(C)(C)C)ccc3c2n1. The van der Waals surface area contributed by atoms with Crippen molar-refractivity contribution in [3.05, 3.63) is 30.0 Å². The minimum Gasteiger partial charge on any atom is -0.383 e. The summed E-state index contributed by atoms with van der Waals surface area (Å²) < 4.78 is 2.01. The molecule has 0 atom stereocenters. The largest absolute Gasteiger partial charge is 0.383 e. The normalized spacial score (nSPS) is 12.3. The summed E-state index contributed by atoms with van der Waals surface area (Å²) in [5.41, 5.74) is 9.99. The number of benzene rings is 1. The summed E-state index contributed by atoms with van der Waals surface area (Å²) in [4.78, 5) is 4.67. The highest BCUT2D eigenvalue weighted by Gasteiger charge is 2.12. The predicted octanol–water partition coefficient (Wildman–Crippen LogP) is 6.51. The van der Waals surface area contributed by atoms with Gasteiger partial charge in [-0.05, 0) is 42.7 Å². The molecule has 0 saturated carbocycles. The van der Waals surface area contributed by atoms with Crippen molar-refractivity contribution >= 4 is 27.6 Å². The number of unbranched alkanes of at least 4 members (excludes halogenated alkanes) is 4. The Morgan fingerprint density at radius 3 is 2.54 bits per heavy atom. The second kappa shape index (κ2) is 8.93. The first-order valence-corrected chi connectivity index (χ1v) is 10.9. The Bertz CT molecular complexity index is 918. The van der Waals surface area contributed by atoms with Crippen molar-refractivity contribution in [3.63, 3.8) is 0 Å². The van der Waals surface area contributed by atoms with Crippen LogP contribution in [0.3, 0.4) is 0 Å². The third-order valence-electron chi connectivity index (χ3n) is 5.48. The summed E-state index contributed by atoms with van der Waals surface area (Å²) in [5.74, 6) is 0.588. The summed E-state index contributed by atoms with van der Waals surface area (Å²) in [5, 5.41) is 6.85. The van der Waals surface area contributed by atoms with Crippen LogP contribution in [-0.4, -0.2) is 14.8 Å². The molecule has 2 N–H and O–H groups in total. The molecule has 0 saturated heterocycles. The Labute approximate surface area is 169 Å². The van der Waals surface area contributed by atoms with Crippen LogP contribution in [0.25, 0.3) is 21.8 Å². The summed E-state index contributed by atoms with van der Waals surface area (Å²) in [6, 6.07) is 6.61. The zero-order chi connectivity index (χ0) is 20.1. The van der Waals surface area contributed by atoms with E-state index in [1.165, 1.54) is 37.7 Å². The van der Waals surface area contributed by atoms with Crippen LogP contribution in [0.2, 0.25) is 0 Å². The third-order valence-corrected chi connectivity index (χ3v) is 5.48. The molecular weight excluding hydrogens is 344 g/mol. The molecule has 4 nitrogen and oxygen atoms in total. The first-order chi connectivity index (χ1) is 13.4. The van der Waals surface area contributed by atoms with Gasteiger partial charge in [0.2, 0.25) is 0 Å². The van der Waals surface area contributed by atoms with Crippen LogP contribution < -0.4 is 5.73 Å². The lowest BCUT2D eigenvalue weighted by molar-refractivity contribution is 0.357. The van der Waals surface area contributed by atoms with E-state index in [0.29, 0.717) is 11.2 Å². The topological polar surface area (TPSA) is 56.7 Å². The maximum Gasteiger partial charge on any atom is 0.135 e. The van der Waals surface area contributed by atoms with E-state index in [1.807, 2.05) is 10.9 Å². The molecule has 0 radical (unpaired) electrons. The molecule has 0 bridgehead atoms. The van der Waals surface area contributed by atoms with E-state index in [9.17, 15) is 0 Å². The Morgan fingerprint density at radius 1 is 1.00 bits per heavy atom. The molecule has 4 heteroatoms. The van der Waals surface area contributed by atoms with Gasteiger partial charge in [-0.3, -0.25) is 4.68 Å². The van der Waals surface area contributed by atoms with Crippen molar-refractivity contribution in [1.29, 1.82) is 0 Å². The minimum atomic E-state index is 0.457. The standard InChI is InChI=1S/C24H36N4/c1-5-6-15-28-17-20-22(27-28)19-13-12-18(16-21(19)26-23(20)25)11-9-7-8-10-14-24(2,3)4/h12-13,16-17H,5-11,14-15H2,1-4H3,(H2,25,26). The number of fused-ring (bicyclic) bond motifs is 3. The zero-order valence-electron chi connectivity index (χ0n) is 18.1. The lowest BCUT2D eigenvalue weighted by Crippen LogP contribution is -2.03. The monoisotopic (exact) mass is 380 g/mol. The molecule has 2 aromatic heterocycles. The number of aryl methyl sites for hydroxylation is 2. The second-order valence-electron chi connectivity index (χ2n) is 9.33. The van der Waals surface area contributed by atoms with Gasteiger partial charge in [-0.25, -0.2) is 4.98 Å². The second-order valence-corrected chi connectivity index (χ2v) is 9.33. The fraction of sp³-hybridized carbons (Fsp3) is 0.583. The van der Waals surface area contributed by atoms with Gasteiger partial charge in [0.15, 0.2) is 0 Å². The molecule has 1 aromatic carbocycles. The fourth-order valence-corrected chi connectivity index (χ4v) is 3.80. The van der Waals surface area contributed by atoms with Gasteiger partial charge in [0.1, 0.15) is 11.3 Å². The van der Waals surface area contributed by atoms with Crippen molar-refractivity contribution < 1.29 is 0 Å². The number of hydrogen-bond donors (Lipinski definition) is 1. The summed E-state index contributed by atoms with van der Waals surface area (Å²) in [6.07, 6.45) is 11.9. The number of aromatic nitrogens is 3. The summed E-state index contributed by atoms with van der Waals surface area (Å²) >= 11 is 0. The predicted molar refractivity (Wildman–Crippen MR) is 121 cm³/mol.